The van der Waals surface area contributed by atoms with Gasteiger partial charge in [0.1, 0.15) is 10.7 Å². The van der Waals surface area contributed by atoms with Crippen molar-refractivity contribution in [2.24, 2.45) is 11.1 Å². The van der Waals surface area contributed by atoms with E-state index in [-0.39, 0.29) is 21.5 Å². The summed E-state index contributed by atoms with van der Waals surface area (Å²) in [5.74, 6) is 0.442. The Morgan fingerprint density at radius 3 is 2.67 bits per heavy atom. The number of hydrogen-bond donors (Lipinski definition) is 2. The van der Waals surface area contributed by atoms with Crippen molar-refractivity contribution in [1.29, 1.82) is 0 Å². The molecule has 0 aliphatic heterocycles. The summed E-state index contributed by atoms with van der Waals surface area (Å²) in [6.07, 6.45) is 3.30. The molecule has 0 saturated heterocycles. The van der Waals surface area contributed by atoms with Crippen LogP contribution in [0.5, 0.6) is 0 Å². The van der Waals surface area contributed by atoms with E-state index in [0.717, 1.165) is 12.8 Å². The Labute approximate surface area is 115 Å². The predicted octanol–water partition coefficient (Wildman–Crippen LogP) is 1.97. The van der Waals surface area contributed by atoms with Gasteiger partial charge in [-0.15, -0.1) is 0 Å². The summed E-state index contributed by atoms with van der Waals surface area (Å²) in [5, 5.41) is 0. The van der Waals surface area contributed by atoms with Crippen LogP contribution in [0.15, 0.2) is 20.0 Å². The van der Waals surface area contributed by atoms with E-state index < -0.39 is 10.0 Å². The molecule has 102 valence electrons. The van der Waals surface area contributed by atoms with Gasteiger partial charge in [0.05, 0.1) is 6.54 Å². The Bertz CT molecular complexity index is 534. The number of hydrogen-bond acceptors (Lipinski definition) is 4. The number of furan rings is 1. The Kier molecular flexibility index (Phi) is 3.87. The molecule has 1 aromatic heterocycles. The minimum Gasteiger partial charge on any atom is -0.452 e. The smallest absolute Gasteiger partial charge is 0.244 e. The molecule has 1 saturated carbocycles. The molecule has 5 nitrogen and oxygen atoms in total. The van der Waals surface area contributed by atoms with Crippen molar-refractivity contribution in [1.82, 2.24) is 4.72 Å². The lowest BCUT2D eigenvalue weighted by atomic mass is 9.71. The lowest BCUT2D eigenvalue weighted by molar-refractivity contribution is 0.166. The van der Waals surface area contributed by atoms with E-state index in [1.165, 1.54) is 12.5 Å². The molecule has 3 N–H and O–H groups in total. The van der Waals surface area contributed by atoms with Gasteiger partial charge in [-0.05, 0) is 34.2 Å². The van der Waals surface area contributed by atoms with Gasteiger partial charge in [0, 0.05) is 12.6 Å². The molecule has 0 spiro atoms. The molecule has 18 heavy (non-hydrogen) atoms. The van der Waals surface area contributed by atoms with E-state index >= 15 is 0 Å². The number of halogens is 1. The molecule has 0 atom stereocenters. The van der Waals surface area contributed by atoms with Gasteiger partial charge in [-0.2, -0.15) is 0 Å². The molecule has 1 aliphatic carbocycles. The Hall–Kier alpha value is -0.370. The van der Waals surface area contributed by atoms with Gasteiger partial charge in [-0.3, -0.25) is 0 Å². The monoisotopic (exact) mass is 336 g/mol. The van der Waals surface area contributed by atoms with E-state index in [1.54, 1.807) is 0 Å². The third-order valence-corrected chi connectivity index (χ3v) is 5.70. The molecular weight excluding hydrogens is 320 g/mol. The zero-order valence-corrected chi connectivity index (χ0v) is 12.6. The summed E-state index contributed by atoms with van der Waals surface area (Å²) >= 11 is 3.10. The van der Waals surface area contributed by atoms with Gasteiger partial charge in [0.15, 0.2) is 4.67 Å². The minimum absolute atomic E-state index is 0.0972. The SMILES string of the molecule is CC1(CNS(=O)(=O)c2cc(CN)oc2Br)CCC1. The second kappa shape index (κ2) is 4.96. The number of nitrogens with one attached hydrogen (secondary N) is 1. The Morgan fingerprint density at radius 2 is 2.22 bits per heavy atom. The van der Waals surface area contributed by atoms with Crippen molar-refractivity contribution in [3.63, 3.8) is 0 Å². The fraction of sp³-hybridized carbons (Fsp3) is 0.636. The van der Waals surface area contributed by atoms with Crippen LogP contribution >= 0.6 is 15.9 Å². The highest BCUT2D eigenvalue weighted by molar-refractivity contribution is 9.10. The van der Waals surface area contributed by atoms with Crippen LogP contribution in [0.4, 0.5) is 0 Å². The predicted molar refractivity (Wildman–Crippen MR) is 71.4 cm³/mol. The molecule has 2 rings (SSSR count). The van der Waals surface area contributed by atoms with Crippen LogP contribution in [0.1, 0.15) is 31.9 Å². The molecular formula is C11H17BrN2O3S. The fourth-order valence-corrected chi connectivity index (χ4v) is 4.18. The van der Waals surface area contributed by atoms with Crippen LogP contribution in [0, 0.1) is 5.41 Å². The quantitative estimate of drug-likeness (QED) is 0.860. The average molecular weight is 337 g/mol. The Morgan fingerprint density at radius 1 is 1.56 bits per heavy atom. The summed E-state index contributed by atoms with van der Waals surface area (Å²) in [6, 6.07) is 1.45. The van der Waals surface area contributed by atoms with E-state index in [0.29, 0.717) is 12.3 Å². The normalized spacial score (nSPS) is 18.6. The first-order valence-corrected chi connectivity index (χ1v) is 8.12. The minimum atomic E-state index is -3.54. The summed E-state index contributed by atoms with van der Waals surface area (Å²) < 4.78 is 32.3. The summed E-state index contributed by atoms with van der Waals surface area (Å²) in [6.45, 7) is 2.73. The first kappa shape index (κ1) is 14.0. The maximum atomic E-state index is 12.1. The van der Waals surface area contributed by atoms with Crippen molar-refractivity contribution in [3.05, 3.63) is 16.5 Å². The van der Waals surface area contributed by atoms with E-state index in [2.05, 4.69) is 27.6 Å². The number of rotatable bonds is 5. The molecule has 1 aliphatic rings. The average Bonchev–Trinajstić information content (AvgIpc) is 2.66. The van der Waals surface area contributed by atoms with Gasteiger partial charge < -0.3 is 10.2 Å². The second-order valence-corrected chi connectivity index (χ2v) is 7.50. The highest BCUT2D eigenvalue weighted by atomic mass is 79.9. The molecule has 0 amide bonds. The van der Waals surface area contributed by atoms with Crippen molar-refractivity contribution in [2.75, 3.05) is 6.54 Å². The third-order valence-electron chi connectivity index (χ3n) is 3.45. The van der Waals surface area contributed by atoms with Crippen LogP contribution in [-0.2, 0) is 16.6 Å². The second-order valence-electron chi connectivity index (χ2n) is 5.04. The molecule has 0 bridgehead atoms. The van der Waals surface area contributed by atoms with Crippen LogP contribution < -0.4 is 10.5 Å². The van der Waals surface area contributed by atoms with Crippen LogP contribution in [-0.4, -0.2) is 15.0 Å². The van der Waals surface area contributed by atoms with Gasteiger partial charge in [0.25, 0.3) is 0 Å². The van der Waals surface area contributed by atoms with Gasteiger partial charge >= 0.3 is 0 Å². The highest BCUT2D eigenvalue weighted by Gasteiger charge is 2.33. The van der Waals surface area contributed by atoms with E-state index in [9.17, 15) is 8.42 Å². The maximum absolute atomic E-state index is 12.1. The maximum Gasteiger partial charge on any atom is 0.244 e. The van der Waals surface area contributed by atoms with Gasteiger partial charge in [-0.25, -0.2) is 13.1 Å². The molecule has 1 heterocycles. The van der Waals surface area contributed by atoms with Crippen molar-refractivity contribution in [3.8, 4) is 0 Å². The lowest BCUT2D eigenvalue weighted by Gasteiger charge is -2.38. The molecule has 7 heteroatoms. The van der Waals surface area contributed by atoms with E-state index in [1.807, 2.05) is 0 Å². The summed E-state index contributed by atoms with van der Waals surface area (Å²) in [7, 11) is -3.54. The summed E-state index contributed by atoms with van der Waals surface area (Å²) in [4.78, 5) is 0.117. The van der Waals surface area contributed by atoms with E-state index in [4.69, 9.17) is 10.2 Å². The topological polar surface area (TPSA) is 85.3 Å². The van der Waals surface area contributed by atoms with Crippen molar-refractivity contribution in [2.45, 2.75) is 37.6 Å². The molecule has 1 aromatic rings. The zero-order valence-electron chi connectivity index (χ0n) is 10.2. The fourth-order valence-electron chi connectivity index (χ4n) is 1.99. The first-order chi connectivity index (χ1) is 8.36. The zero-order chi connectivity index (χ0) is 13.4. The number of sulfonamides is 1. The first-order valence-electron chi connectivity index (χ1n) is 5.84. The van der Waals surface area contributed by atoms with Crippen LogP contribution in [0.25, 0.3) is 0 Å². The molecule has 0 unspecified atom stereocenters. The molecule has 1 fully saturated rings. The molecule has 0 aromatic carbocycles. The highest BCUT2D eigenvalue weighted by Crippen LogP contribution is 2.39. The number of nitrogens with two attached hydrogens (primary N) is 1. The van der Waals surface area contributed by atoms with Crippen molar-refractivity contribution < 1.29 is 12.8 Å². The Balaban J connectivity index is 2.12. The third kappa shape index (κ3) is 2.79. The van der Waals surface area contributed by atoms with Gasteiger partial charge in [-0.1, -0.05) is 13.3 Å². The molecule has 0 radical (unpaired) electrons. The van der Waals surface area contributed by atoms with Crippen LogP contribution in [0.2, 0.25) is 0 Å². The largest absolute Gasteiger partial charge is 0.452 e. The van der Waals surface area contributed by atoms with Crippen LogP contribution in [0.3, 0.4) is 0 Å². The van der Waals surface area contributed by atoms with Gasteiger partial charge in [0.2, 0.25) is 10.0 Å². The summed E-state index contributed by atoms with van der Waals surface area (Å²) in [5.41, 5.74) is 5.52. The standard InChI is InChI=1S/C11H17BrN2O3S/c1-11(3-2-4-11)7-14-18(15,16)9-5-8(6-13)17-10(9)12/h5,14H,2-4,6-7,13H2,1H3. The lowest BCUT2D eigenvalue weighted by Crippen LogP contribution is -2.39. The van der Waals surface area contributed by atoms with Crippen molar-refractivity contribution >= 4 is 26.0 Å².